The number of hydrogen-bond donors (Lipinski definition) is 0. The van der Waals surface area contributed by atoms with Crippen LogP contribution in [-0.2, 0) is 6.42 Å². The molecule has 0 amide bonds. The number of methoxy groups -OCH3 is 1. The number of halogens is 3. The molecule has 0 radical (unpaired) electrons. The first-order valence-corrected chi connectivity index (χ1v) is 9.52. The third-order valence-corrected chi connectivity index (χ3v) is 5.53. The van der Waals surface area contributed by atoms with Crippen LogP contribution in [0.4, 0.5) is 13.2 Å². The Hall–Kier alpha value is -2.23. The summed E-state index contributed by atoms with van der Waals surface area (Å²) in [5.41, 5.74) is 2.02. The predicted octanol–water partition coefficient (Wildman–Crippen LogP) is 6.66. The molecule has 27 heavy (non-hydrogen) atoms. The zero-order valence-corrected chi connectivity index (χ0v) is 15.8. The fraction of sp³-hybridized carbons (Fsp3) is 0.391. The number of benzene rings is 2. The quantitative estimate of drug-likeness (QED) is 0.568. The number of aryl methyl sites for hydroxylation is 1. The Morgan fingerprint density at radius 3 is 2.37 bits per heavy atom. The van der Waals surface area contributed by atoms with E-state index in [2.05, 4.69) is 6.08 Å². The van der Waals surface area contributed by atoms with E-state index in [1.165, 1.54) is 13.2 Å². The maximum Gasteiger partial charge on any atom is 0.200 e. The summed E-state index contributed by atoms with van der Waals surface area (Å²) >= 11 is 0. The summed E-state index contributed by atoms with van der Waals surface area (Å²) in [6, 6.07) is 8.45. The fourth-order valence-electron chi connectivity index (χ4n) is 3.84. The lowest BCUT2D eigenvalue weighted by atomic mass is 9.78. The third kappa shape index (κ3) is 4.37. The highest BCUT2D eigenvalue weighted by molar-refractivity contribution is 5.50. The lowest BCUT2D eigenvalue weighted by Crippen LogP contribution is -2.13. The van der Waals surface area contributed by atoms with Crippen molar-refractivity contribution >= 4 is 6.08 Å². The van der Waals surface area contributed by atoms with Crippen LogP contribution in [0.2, 0.25) is 0 Å². The fourth-order valence-corrected chi connectivity index (χ4v) is 3.84. The summed E-state index contributed by atoms with van der Waals surface area (Å²) in [5, 5.41) is 0. The van der Waals surface area contributed by atoms with E-state index in [0.717, 1.165) is 36.8 Å². The van der Waals surface area contributed by atoms with Crippen LogP contribution in [0.3, 0.4) is 0 Å². The molecule has 144 valence electrons. The van der Waals surface area contributed by atoms with Crippen molar-refractivity contribution < 1.29 is 17.9 Å². The number of allylic oxidation sites excluding steroid dienone is 1. The van der Waals surface area contributed by atoms with Gasteiger partial charge in [-0.3, -0.25) is 0 Å². The summed E-state index contributed by atoms with van der Waals surface area (Å²) in [6.45, 7) is 1.93. The largest absolute Gasteiger partial charge is 0.494 e. The van der Waals surface area contributed by atoms with Gasteiger partial charge in [-0.1, -0.05) is 37.3 Å². The molecule has 1 aliphatic rings. The minimum atomic E-state index is -0.908. The molecule has 0 spiro atoms. The SMILES string of the molecule is CCc1ccc(/C=C/C2CCC(c3ccc(OC)c(F)c3F)CC2)cc1F. The zero-order valence-electron chi connectivity index (χ0n) is 15.8. The third-order valence-electron chi connectivity index (χ3n) is 5.53. The van der Waals surface area contributed by atoms with Crippen molar-refractivity contribution in [3.63, 3.8) is 0 Å². The molecule has 2 aromatic carbocycles. The monoisotopic (exact) mass is 374 g/mol. The molecule has 1 saturated carbocycles. The summed E-state index contributed by atoms with van der Waals surface area (Å²) < 4.78 is 46.9. The average molecular weight is 374 g/mol. The van der Waals surface area contributed by atoms with E-state index in [1.807, 2.05) is 25.1 Å². The van der Waals surface area contributed by atoms with Crippen molar-refractivity contribution in [1.29, 1.82) is 0 Å². The van der Waals surface area contributed by atoms with E-state index in [-0.39, 0.29) is 17.5 Å². The predicted molar refractivity (Wildman–Crippen MR) is 102 cm³/mol. The highest BCUT2D eigenvalue weighted by Crippen LogP contribution is 2.39. The van der Waals surface area contributed by atoms with Gasteiger partial charge in [0.2, 0.25) is 5.82 Å². The van der Waals surface area contributed by atoms with Gasteiger partial charge in [-0.05, 0) is 72.8 Å². The van der Waals surface area contributed by atoms with Crippen LogP contribution < -0.4 is 4.74 Å². The molecule has 0 bridgehead atoms. The molecule has 3 rings (SSSR count). The van der Waals surface area contributed by atoms with E-state index >= 15 is 0 Å². The molecular weight excluding hydrogens is 349 g/mol. The summed E-state index contributed by atoms with van der Waals surface area (Å²) in [7, 11) is 1.33. The van der Waals surface area contributed by atoms with Crippen molar-refractivity contribution in [2.45, 2.75) is 44.9 Å². The highest BCUT2D eigenvalue weighted by Gasteiger charge is 2.25. The van der Waals surface area contributed by atoms with Gasteiger partial charge in [0.05, 0.1) is 7.11 Å². The van der Waals surface area contributed by atoms with Gasteiger partial charge in [0.15, 0.2) is 11.6 Å². The van der Waals surface area contributed by atoms with Crippen LogP contribution >= 0.6 is 0 Å². The molecular formula is C23H25F3O. The normalized spacial score (nSPS) is 20.2. The average Bonchev–Trinajstić information content (AvgIpc) is 2.69. The smallest absolute Gasteiger partial charge is 0.200 e. The van der Waals surface area contributed by atoms with Crippen LogP contribution in [0.1, 0.15) is 55.2 Å². The Labute approximate surface area is 158 Å². The van der Waals surface area contributed by atoms with E-state index in [9.17, 15) is 13.2 Å². The minimum Gasteiger partial charge on any atom is -0.494 e. The molecule has 4 heteroatoms. The highest BCUT2D eigenvalue weighted by atomic mass is 19.2. The summed E-state index contributed by atoms with van der Waals surface area (Å²) in [4.78, 5) is 0. The molecule has 0 heterocycles. The first kappa shape index (κ1) is 19.5. The molecule has 0 aromatic heterocycles. The Balaban J connectivity index is 1.62. The first-order valence-electron chi connectivity index (χ1n) is 9.52. The maximum atomic E-state index is 14.3. The lowest BCUT2D eigenvalue weighted by Gasteiger charge is -2.27. The number of rotatable bonds is 5. The second-order valence-electron chi connectivity index (χ2n) is 7.16. The van der Waals surface area contributed by atoms with Crippen molar-refractivity contribution in [2.75, 3.05) is 7.11 Å². The molecule has 0 aliphatic heterocycles. The van der Waals surface area contributed by atoms with Gasteiger partial charge in [0.25, 0.3) is 0 Å². The molecule has 0 saturated heterocycles. The molecule has 0 N–H and O–H groups in total. The second kappa shape index (κ2) is 8.64. The standard InChI is InChI=1S/C23H25F3O/c1-3-17-9-8-16(14-20(17)24)5-4-15-6-10-18(11-7-15)19-12-13-21(27-2)23(26)22(19)25/h4-5,8-9,12-15,18H,3,6-7,10-11H2,1-2H3/b5-4+. The maximum absolute atomic E-state index is 14.3. The Morgan fingerprint density at radius 1 is 1.00 bits per heavy atom. The van der Waals surface area contributed by atoms with Gasteiger partial charge in [-0.2, -0.15) is 4.39 Å². The van der Waals surface area contributed by atoms with Gasteiger partial charge < -0.3 is 4.74 Å². The Morgan fingerprint density at radius 2 is 1.74 bits per heavy atom. The van der Waals surface area contributed by atoms with Crippen molar-refractivity contribution in [1.82, 2.24) is 0 Å². The van der Waals surface area contributed by atoms with Gasteiger partial charge in [0.1, 0.15) is 5.82 Å². The second-order valence-corrected chi connectivity index (χ2v) is 7.16. The Kier molecular flexibility index (Phi) is 6.25. The van der Waals surface area contributed by atoms with E-state index < -0.39 is 11.6 Å². The van der Waals surface area contributed by atoms with Gasteiger partial charge in [0, 0.05) is 0 Å². The Bertz CT molecular complexity index is 821. The van der Waals surface area contributed by atoms with Gasteiger partial charge in [-0.25, -0.2) is 8.78 Å². The minimum absolute atomic E-state index is 0.0244. The van der Waals surface area contributed by atoms with Crippen molar-refractivity contribution in [3.05, 3.63) is 70.5 Å². The van der Waals surface area contributed by atoms with Gasteiger partial charge >= 0.3 is 0 Å². The van der Waals surface area contributed by atoms with Crippen molar-refractivity contribution in [3.8, 4) is 5.75 Å². The molecule has 0 unspecified atom stereocenters. The van der Waals surface area contributed by atoms with Crippen LogP contribution in [0.5, 0.6) is 5.75 Å². The molecule has 0 atom stereocenters. The van der Waals surface area contributed by atoms with Crippen LogP contribution in [0, 0.1) is 23.4 Å². The van der Waals surface area contributed by atoms with Crippen LogP contribution in [0.15, 0.2) is 36.4 Å². The topological polar surface area (TPSA) is 9.23 Å². The molecule has 1 aliphatic carbocycles. The summed E-state index contributed by atoms with van der Waals surface area (Å²) in [6.07, 6.45) is 8.18. The first-order chi connectivity index (χ1) is 13.0. The molecule has 1 fully saturated rings. The molecule has 2 aromatic rings. The lowest BCUT2D eigenvalue weighted by molar-refractivity contribution is 0.350. The van der Waals surface area contributed by atoms with Crippen LogP contribution in [-0.4, -0.2) is 7.11 Å². The number of ether oxygens (including phenoxy) is 1. The van der Waals surface area contributed by atoms with E-state index in [4.69, 9.17) is 4.74 Å². The zero-order chi connectivity index (χ0) is 19.4. The van der Waals surface area contributed by atoms with Crippen LogP contribution in [0.25, 0.3) is 6.08 Å². The summed E-state index contributed by atoms with van der Waals surface area (Å²) in [5.74, 6) is -1.53. The van der Waals surface area contributed by atoms with Gasteiger partial charge in [-0.15, -0.1) is 0 Å². The van der Waals surface area contributed by atoms with E-state index in [1.54, 1.807) is 12.1 Å². The molecule has 1 nitrogen and oxygen atoms in total. The number of hydrogen-bond acceptors (Lipinski definition) is 1. The van der Waals surface area contributed by atoms with Crippen molar-refractivity contribution in [2.24, 2.45) is 5.92 Å². The van der Waals surface area contributed by atoms with E-state index in [0.29, 0.717) is 17.9 Å².